The van der Waals surface area contributed by atoms with Gasteiger partial charge in [0.2, 0.25) is 0 Å². The lowest BCUT2D eigenvalue weighted by atomic mass is 10.1. The number of hydrogen-bond donors (Lipinski definition) is 1. The molecule has 0 aliphatic rings. The zero-order chi connectivity index (χ0) is 10.9. The first-order valence-electron chi connectivity index (χ1n) is 3.42. The number of halogens is 4. The summed E-state index contributed by atoms with van der Waals surface area (Å²) in [7, 11) is 0. The van der Waals surface area contributed by atoms with Crippen LogP contribution in [0.25, 0.3) is 0 Å². The predicted molar refractivity (Wildman–Crippen MR) is 51.1 cm³/mol. The Labute approximate surface area is 90.9 Å². The molecule has 0 amide bonds. The molecule has 14 heavy (non-hydrogen) atoms. The molecule has 1 rings (SSSR count). The number of rotatable bonds is 1. The van der Waals surface area contributed by atoms with Crippen LogP contribution < -0.4 is 0 Å². The van der Waals surface area contributed by atoms with Crippen LogP contribution >= 0.6 is 22.6 Å². The fourth-order valence-corrected chi connectivity index (χ4v) is 1.70. The molecule has 1 aromatic carbocycles. The molecule has 0 aromatic heterocycles. The highest BCUT2D eigenvalue weighted by Gasteiger charge is 2.32. The zero-order valence-electron chi connectivity index (χ0n) is 6.60. The van der Waals surface area contributed by atoms with Gasteiger partial charge in [-0.3, -0.25) is 0 Å². The summed E-state index contributed by atoms with van der Waals surface area (Å²) < 4.78 is 36.6. The lowest BCUT2D eigenvalue weighted by Crippen LogP contribution is -2.08. The molecule has 1 aromatic rings. The Morgan fingerprint density at radius 1 is 1.36 bits per heavy atom. The van der Waals surface area contributed by atoms with Crippen LogP contribution in [0.15, 0.2) is 18.2 Å². The maximum atomic E-state index is 12.2. The zero-order valence-corrected chi connectivity index (χ0v) is 8.76. The SMILES string of the molecule is O=C(O)c1ccc(C(F)(F)F)c(I)c1. The monoisotopic (exact) mass is 316 g/mol. The van der Waals surface area contributed by atoms with Crippen LogP contribution in [0.3, 0.4) is 0 Å². The molecule has 2 nitrogen and oxygen atoms in total. The number of alkyl halides is 3. The first-order chi connectivity index (χ1) is 6.32. The van der Waals surface area contributed by atoms with Gasteiger partial charge in [-0.15, -0.1) is 0 Å². The maximum Gasteiger partial charge on any atom is 0.417 e. The molecule has 0 spiro atoms. The standard InChI is InChI=1S/C8H4F3IO2/c9-8(10,11)5-2-1-4(7(13)14)3-6(5)12/h1-3H,(H,13,14). The minimum Gasteiger partial charge on any atom is -0.478 e. The van der Waals surface area contributed by atoms with Crippen molar-refractivity contribution in [3.63, 3.8) is 0 Å². The highest BCUT2D eigenvalue weighted by atomic mass is 127. The Morgan fingerprint density at radius 2 is 1.93 bits per heavy atom. The molecule has 0 saturated carbocycles. The third kappa shape index (κ3) is 2.37. The van der Waals surface area contributed by atoms with Crippen molar-refractivity contribution in [1.29, 1.82) is 0 Å². The van der Waals surface area contributed by atoms with E-state index in [2.05, 4.69) is 0 Å². The first-order valence-corrected chi connectivity index (χ1v) is 4.50. The van der Waals surface area contributed by atoms with Crippen LogP contribution in [0.1, 0.15) is 15.9 Å². The van der Waals surface area contributed by atoms with Crippen molar-refractivity contribution in [3.8, 4) is 0 Å². The lowest BCUT2D eigenvalue weighted by molar-refractivity contribution is -0.138. The van der Waals surface area contributed by atoms with Crippen molar-refractivity contribution in [2.75, 3.05) is 0 Å². The number of hydrogen-bond acceptors (Lipinski definition) is 1. The van der Waals surface area contributed by atoms with Crippen LogP contribution in [-0.4, -0.2) is 11.1 Å². The summed E-state index contributed by atoms with van der Waals surface area (Å²) in [6.45, 7) is 0. The highest BCUT2D eigenvalue weighted by molar-refractivity contribution is 14.1. The highest BCUT2D eigenvalue weighted by Crippen LogP contribution is 2.33. The van der Waals surface area contributed by atoms with E-state index in [9.17, 15) is 18.0 Å². The van der Waals surface area contributed by atoms with Crippen LogP contribution in [-0.2, 0) is 6.18 Å². The van der Waals surface area contributed by atoms with E-state index in [-0.39, 0.29) is 9.13 Å². The number of aromatic carboxylic acids is 1. The van der Waals surface area contributed by atoms with E-state index in [4.69, 9.17) is 5.11 Å². The van der Waals surface area contributed by atoms with E-state index in [1.54, 1.807) is 0 Å². The van der Waals surface area contributed by atoms with Gasteiger partial charge in [0, 0.05) is 3.57 Å². The summed E-state index contributed by atoms with van der Waals surface area (Å²) >= 11 is 1.46. The van der Waals surface area contributed by atoms with Crippen LogP contribution in [0.2, 0.25) is 0 Å². The fraction of sp³-hybridized carbons (Fsp3) is 0.125. The molecule has 0 heterocycles. The second-order valence-corrected chi connectivity index (χ2v) is 3.66. The third-order valence-electron chi connectivity index (χ3n) is 1.52. The maximum absolute atomic E-state index is 12.2. The molecule has 6 heteroatoms. The summed E-state index contributed by atoms with van der Waals surface area (Å²) in [4.78, 5) is 10.4. The summed E-state index contributed by atoms with van der Waals surface area (Å²) in [5.74, 6) is -1.24. The van der Waals surface area contributed by atoms with Gasteiger partial charge in [0.15, 0.2) is 0 Å². The van der Waals surface area contributed by atoms with Crippen molar-refractivity contribution in [2.45, 2.75) is 6.18 Å². The quantitative estimate of drug-likeness (QED) is 0.809. The van der Waals surface area contributed by atoms with E-state index in [1.165, 1.54) is 22.6 Å². The van der Waals surface area contributed by atoms with Gasteiger partial charge in [-0.05, 0) is 40.8 Å². The first kappa shape index (κ1) is 11.3. The molecule has 0 unspecified atom stereocenters. The summed E-state index contributed by atoms with van der Waals surface area (Å²) in [5.41, 5.74) is -0.967. The van der Waals surface area contributed by atoms with Crippen LogP contribution in [0.5, 0.6) is 0 Å². The summed E-state index contributed by atoms with van der Waals surface area (Å²) in [6, 6.07) is 2.70. The molecule has 0 radical (unpaired) electrons. The molecule has 76 valence electrons. The van der Waals surface area contributed by atoms with E-state index >= 15 is 0 Å². The summed E-state index contributed by atoms with van der Waals surface area (Å²) in [6.07, 6.45) is -4.44. The third-order valence-corrected chi connectivity index (χ3v) is 2.41. The number of carboxylic acid groups (broad SMARTS) is 1. The number of carboxylic acids is 1. The van der Waals surface area contributed by atoms with Crippen molar-refractivity contribution >= 4 is 28.6 Å². The van der Waals surface area contributed by atoms with E-state index in [0.717, 1.165) is 18.2 Å². The summed E-state index contributed by atoms with van der Waals surface area (Å²) in [5, 5.41) is 8.52. The molecule has 0 atom stereocenters. The van der Waals surface area contributed by atoms with Crippen molar-refractivity contribution in [1.82, 2.24) is 0 Å². The van der Waals surface area contributed by atoms with Gasteiger partial charge >= 0.3 is 12.1 Å². The fourth-order valence-electron chi connectivity index (χ4n) is 0.878. The van der Waals surface area contributed by atoms with E-state index in [0.29, 0.717) is 0 Å². The molecular weight excluding hydrogens is 312 g/mol. The second-order valence-electron chi connectivity index (χ2n) is 2.50. The molecule has 0 fully saturated rings. The molecule has 1 N–H and O–H groups in total. The van der Waals surface area contributed by atoms with Gasteiger partial charge < -0.3 is 5.11 Å². The van der Waals surface area contributed by atoms with Gasteiger partial charge in [0.25, 0.3) is 0 Å². The van der Waals surface area contributed by atoms with Crippen LogP contribution in [0, 0.1) is 3.57 Å². The molecule has 0 bridgehead atoms. The Morgan fingerprint density at radius 3 is 2.29 bits per heavy atom. The predicted octanol–water partition coefficient (Wildman–Crippen LogP) is 3.01. The van der Waals surface area contributed by atoms with Crippen molar-refractivity contribution in [2.24, 2.45) is 0 Å². The van der Waals surface area contributed by atoms with Gasteiger partial charge in [0.1, 0.15) is 0 Å². The smallest absolute Gasteiger partial charge is 0.417 e. The van der Waals surface area contributed by atoms with Gasteiger partial charge in [-0.25, -0.2) is 4.79 Å². The topological polar surface area (TPSA) is 37.3 Å². The van der Waals surface area contributed by atoms with Gasteiger partial charge in [0.05, 0.1) is 11.1 Å². The second kappa shape index (κ2) is 3.76. The average Bonchev–Trinajstić information content (AvgIpc) is 2.01. The largest absolute Gasteiger partial charge is 0.478 e. The normalized spacial score (nSPS) is 11.4. The van der Waals surface area contributed by atoms with E-state index < -0.39 is 17.7 Å². The van der Waals surface area contributed by atoms with Crippen molar-refractivity contribution in [3.05, 3.63) is 32.9 Å². The Bertz CT molecular complexity index is 373. The van der Waals surface area contributed by atoms with E-state index in [1.807, 2.05) is 0 Å². The molecule has 0 saturated heterocycles. The molecule has 0 aliphatic carbocycles. The number of benzene rings is 1. The van der Waals surface area contributed by atoms with Gasteiger partial charge in [-0.2, -0.15) is 13.2 Å². The van der Waals surface area contributed by atoms with Crippen LogP contribution in [0.4, 0.5) is 13.2 Å². The lowest BCUT2D eigenvalue weighted by Gasteiger charge is -2.08. The molecular formula is C8H4F3IO2. The van der Waals surface area contributed by atoms with Crippen molar-refractivity contribution < 1.29 is 23.1 Å². The Kier molecular flexibility index (Phi) is 3.03. The Hall–Kier alpha value is -0.790. The minimum atomic E-state index is -4.44. The average molecular weight is 316 g/mol. The van der Waals surface area contributed by atoms with Gasteiger partial charge in [-0.1, -0.05) is 0 Å². The Balaban J connectivity index is 3.21. The molecule has 0 aliphatic heterocycles. The number of carbonyl (C=O) groups is 1. The minimum absolute atomic E-state index is 0.116.